The van der Waals surface area contributed by atoms with Crippen molar-refractivity contribution in [2.24, 2.45) is 0 Å². The van der Waals surface area contributed by atoms with Crippen LogP contribution in [0.25, 0.3) is 5.69 Å². The van der Waals surface area contributed by atoms with E-state index < -0.39 is 0 Å². The molecule has 1 heterocycles. The highest BCUT2D eigenvalue weighted by Crippen LogP contribution is 2.37. The molecule has 0 aliphatic rings. The van der Waals surface area contributed by atoms with Crippen LogP contribution in [0.4, 0.5) is 5.69 Å². The maximum absolute atomic E-state index is 12.8. The number of rotatable bonds is 6. The number of nitrogens with one attached hydrogen (secondary N) is 1. The minimum absolute atomic E-state index is 0.333. The number of para-hydroxylation sites is 1. The minimum atomic E-state index is -0.333. The van der Waals surface area contributed by atoms with Gasteiger partial charge < -0.3 is 14.8 Å². The van der Waals surface area contributed by atoms with Crippen molar-refractivity contribution in [1.29, 1.82) is 0 Å². The molecule has 9 heteroatoms. The summed E-state index contributed by atoms with van der Waals surface area (Å²) in [5.74, 6) is 0.669. The summed E-state index contributed by atoms with van der Waals surface area (Å²) in [6.07, 6.45) is 2.90. The topological polar surface area (TPSA) is 78.3 Å². The fourth-order valence-electron chi connectivity index (χ4n) is 2.50. The molecule has 3 rings (SSSR count). The average molecular weight is 452 g/mol. The van der Waals surface area contributed by atoms with Crippen molar-refractivity contribution in [3.05, 3.63) is 58.0 Å². The monoisotopic (exact) mass is 450 g/mol. The molecular formula is C18H16BrClN4O3. The van der Waals surface area contributed by atoms with Gasteiger partial charge in [-0.25, -0.2) is 9.67 Å². The number of aromatic nitrogens is 3. The third-order valence-corrected chi connectivity index (χ3v) is 4.56. The standard InChI is InChI=1S/C18H16BrClN4O3/c1-3-27-17-12(19)7-11(8-15(17)26-2)18(25)23-14-6-4-5-13(20)16(14)24-10-21-9-22-24/h4-10H,3H2,1-2H3,(H,23,25). The van der Waals surface area contributed by atoms with Gasteiger partial charge in [-0.15, -0.1) is 0 Å². The lowest BCUT2D eigenvalue weighted by Gasteiger charge is -2.15. The van der Waals surface area contributed by atoms with Gasteiger partial charge in [0, 0.05) is 5.56 Å². The van der Waals surface area contributed by atoms with Crippen molar-refractivity contribution >= 4 is 39.1 Å². The number of ether oxygens (including phenoxy) is 2. The van der Waals surface area contributed by atoms with E-state index in [0.717, 1.165) is 0 Å². The molecule has 27 heavy (non-hydrogen) atoms. The zero-order chi connectivity index (χ0) is 19.4. The maximum atomic E-state index is 12.8. The van der Waals surface area contributed by atoms with Crippen LogP contribution in [0.5, 0.6) is 11.5 Å². The molecule has 7 nitrogen and oxygen atoms in total. The van der Waals surface area contributed by atoms with Crippen molar-refractivity contribution in [2.45, 2.75) is 6.92 Å². The number of halogens is 2. The fourth-order valence-corrected chi connectivity index (χ4v) is 3.32. The van der Waals surface area contributed by atoms with Crippen molar-refractivity contribution in [3.63, 3.8) is 0 Å². The summed E-state index contributed by atoms with van der Waals surface area (Å²) in [6.45, 7) is 2.35. The Bertz CT molecular complexity index is 963. The molecule has 0 saturated carbocycles. The SMILES string of the molecule is CCOc1c(Br)cc(C(=O)Nc2cccc(Cl)c2-n2cncn2)cc1OC. The molecule has 2 aromatic carbocycles. The van der Waals surface area contributed by atoms with Crippen LogP contribution in [-0.2, 0) is 0 Å². The Morgan fingerprint density at radius 3 is 2.85 bits per heavy atom. The first-order valence-electron chi connectivity index (χ1n) is 8.00. The van der Waals surface area contributed by atoms with E-state index in [2.05, 4.69) is 31.3 Å². The second-order valence-corrected chi connectivity index (χ2v) is 6.61. The highest BCUT2D eigenvalue weighted by Gasteiger charge is 2.18. The number of benzene rings is 2. The lowest BCUT2D eigenvalue weighted by Crippen LogP contribution is -2.15. The lowest BCUT2D eigenvalue weighted by molar-refractivity contribution is 0.102. The maximum Gasteiger partial charge on any atom is 0.255 e. The number of carbonyl (C=O) groups excluding carboxylic acids is 1. The molecule has 0 aliphatic carbocycles. The quantitative estimate of drug-likeness (QED) is 0.603. The largest absolute Gasteiger partial charge is 0.493 e. The first kappa shape index (κ1) is 19.2. The van der Waals surface area contributed by atoms with Crippen LogP contribution in [0, 0.1) is 0 Å². The van der Waals surface area contributed by atoms with E-state index in [1.807, 2.05) is 6.92 Å². The lowest BCUT2D eigenvalue weighted by atomic mass is 10.1. The second kappa shape index (κ2) is 8.41. The number of methoxy groups -OCH3 is 1. The van der Waals surface area contributed by atoms with Crippen LogP contribution in [0.2, 0.25) is 5.02 Å². The second-order valence-electron chi connectivity index (χ2n) is 5.35. The molecule has 140 valence electrons. The predicted molar refractivity (Wildman–Crippen MR) is 106 cm³/mol. The minimum Gasteiger partial charge on any atom is -0.493 e. The van der Waals surface area contributed by atoms with Crippen LogP contribution < -0.4 is 14.8 Å². The Kier molecular flexibility index (Phi) is 5.98. The van der Waals surface area contributed by atoms with E-state index in [0.29, 0.717) is 44.5 Å². The predicted octanol–water partition coefficient (Wildman–Crippen LogP) is 4.34. The Hall–Kier alpha value is -2.58. The average Bonchev–Trinajstić information content (AvgIpc) is 3.17. The van der Waals surface area contributed by atoms with Gasteiger partial charge >= 0.3 is 0 Å². The van der Waals surface area contributed by atoms with E-state index in [-0.39, 0.29) is 5.91 Å². The molecular weight excluding hydrogens is 436 g/mol. The number of carbonyl (C=O) groups is 1. The van der Waals surface area contributed by atoms with E-state index in [1.54, 1.807) is 30.3 Å². The van der Waals surface area contributed by atoms with Gasteiger partial charge in [0.05, 0.1) is 28.9 Å². The number of hydrogen-bond acceptors (Lipinski definition) is 5. The summed E-state index contributed by atoms with van der Waals surface area (Å²) in [6, 6.07) is 8.48. The molecule has 3 aromatic rings. The highest BCUT2D eigenvalue weighted by molar-refractivity contribution is 9.10. The molecule has 0 aliphatic heterocycles. The molecule has 1 N–H and O–H groups in total. The number of amides is 1. The first-order chi connectivity index (χ1) is 13.0. The van der Waals surface area contributed by atoms with Crippen LogP contribution in [0.1, 0.15) is 17.3 Å². The highest BCUT2D eigenvalue weighted by atomic mass is 79.9. The van der Waals surface area contributed by atoms with Crippen LogP contribution in [0.15, 0.2) is 47.5 Å². The van der Waals surface area contributed by atoms with Crippen LogP contribution >= 0.6 is 27.5 Å². The van der Waals surface area contributed by atoms with Gasteiger partial charge in [0.2, 0.25) is 0 Å². The number of hydrogen-bond donors (Lipinski definition) is 1. The molecule has 0 spiro atoms. The zero-order valence-electron chi connectivity index (χ0n) is 14.6. The molecule has 0 saturated heterocycles. The van der Waals surface area contributed by atoms with Gasteiger partial charge in [-0.05, 0) is 47.1 Å². The van der Waals surface area contributed by atoms with Gasteiger partial charge in [-0.3, -0.25) is 4.79 Å². The molecule has 0 bridgehead atoms. The van der Waals surface area contributed by atoms with Gasteiger partial charge in [-0.1, -0.05) is 17.7 Å². The van der Waals surface area contributed by atoms with Crippen LogP contribution in [-0.4, -0.2) is 34.4 Å². The number of nitrogens with zero attached hydrogens (tertiary/aromatic N) is 3. The summed E-state index contributed by atoms with van der Waals surface area (Å²) in [4.78, 5) is 16.7. The van der Waals surface area contributed by atoms with Crippen LogP contribution in [0.3, 0.4) is 0 Å². The molecule has 0 unspecified atom stereocenters. The van der Waals surface area contributed by atoms with Gasteiger partial charge in [-0.2, -0.15) is 5.10 Å². The Balaban J connectivity index is 1.95. The van der Waals surface area contributed by atoms with E-state index in [4.69, 9.17) is 21.1 Å². The zero-order valence-corrected chi connectivity index (χ0v) is 16.9. The van der Waals surface area contributed by atoms with E-state index in [1.165, 1.54) is 24.4 Å². The fraction of sp³-hybridized carbons (Fsp3) is 0.167. The number of anilines is 1. The molecule has 0 radical (unpaired) electrons. The van der Waals surface area contributed by atoms with Crippen molar-refractivity contribution in [2.75, 3.05) is 19.0 Å². The van der Waals surface area contributed by atoms with Gasteiger partial charge in [0.1, 0.15) is 18.3 Å². The summed E-state index contributed by atoms with van der Waals surface area (Å²) in [7, 11) is 1.52. The smallest absolute Gasteiger partial charge is 0.255 e. The van der Waals surface area contributed by atoms with Gasteiger partial charge in [0.15, 0.2) is 11.5 Å². The normalized spacial score (nSPS) is 10.5. The molecule has 1 amide bonds. The first-order valence-corrected chi connectivity index (χ1v) is 9.17. The third-order valence-electron chi connectivity index (χ3n) is 3.66. The van der Waals surface area contributed by atoms with Crippen molar-refractivity contribution in [1.82, 2.24) is 14.8 Å². The molecule has 1 aromatic heterocycles. The van der Waals surface area contributed by atoms with Gasteiger partial charge in [0.25, 0.3) is 5.91 Å². The molecule has 0 fully saturated rings. The third kappa shape index (κ3) is 4.06. The van der Waals surface area contributed by atoms with E-state index >= 15 is 0 Å². The Morgan fingerprint density at radius 1 is 1.37 bits per heavy atom. The Labute approximate surface area is 169 Å². The summed E-state index contributed by atoms with van der Waals surface area (Å²) in [5, 5.41) is 7.38. The van der Waals surface area contributed by atoms with E-state index in [9.17, 15) is 4.79 Å². The Morgan fingerprint density at radius 2 is 2.19 bits per heavy atom. The summed E-state index contributed by atoms with van der Waals surface area (Å²) >= 11 is 9.72. The van der Waals surface area contributed by atoms with Crippen molar-refractivity contribution in [3.8, 4) is 17.2 Å². The van der Waals surface area contributed by atoms with Crippen molar-refractivity contribution < 1.29 is 14.3 Å². The summed E-state index contributed by atoms with van der Waals surface area (Å²) in [5.41, 5.74) is 1.43. The summed E-state index contributed by atoms with van der Waals surface area (Å²) < 4.78 is 13.0. The molecule has 0 atom stereocenters.